The van der Waals surface area contributed by atoms with Gasteiger partial charge in [-0.05, 0) is 12.8 Å². The Balaban J connectivity index is 3.35. The first-order valence-electron chi connectivity index (χ1n) is 3.19. The number of hydrogen-bond donors (Lipinski definition) is 2. The fourth-order valence-electron chi connectivity index (χ4n) is 0.519. The predicted molar refractivity (Wildman–Crippen MR) is 43.3 cm³/mol. The minimum absolute atomic E-state index is 0.411. The number of hydrogen-bond acceptors (Lipinski definition) is 2. The first-order chi connectivity index (χ1) is 4.66. The Hall–Kier alpha value is -0.640. The first-order valence-corrected chi connectivity index (χ1v) is 3.60. The highest BCUT2D eigenvalue weighted by Gasteiger charge is 1.98. The molecule has 3 nitrogen and oxygen atoms in total. The van der Waals surface area contributed by atoms with Gasteiger partial charge in [-0.25, -0.2) is 4.79 Å². The largest absolute Gasteiger partial charge is 0.465 e. The van der Waals surface area contributed by atoms with Crippen LogP contribution in [0.25, 0.3) is 0 Å². The van der Waals surface area contributed by atoms with Crippen molar-refractivity contribution in [1.29, 1.82) is 0 Å². The van der Waals surface area contributed by atoms with Crippen molar-refractivity contribution in [2.75, 3.05) is 0 Å². The quantitative estimate of drug-likeness (QED) is 0.620. The van der Waals surface area contributed by atoms with E-state index in [1.165, 1.54) is 0 Å². The van der Waals surface area contributed by atoms with Crippen LogP contribution < -0.4 is 5.32 Å². The molecule has 10 heavy (non-hydrogen) atoms. The third kappa shape index (κ3) is 5.50. The molecule has 0 rings (SSSR count). The molecular formula is C6H11NO2S. The zero-order valence-corrected chi connectivity index (χ0v) is 6.70. The lowest BCUT2D eigenvalue weighted by molar-refractivity contribution is 0.200. The van der Waals surface area contributed by atoms with Crippen molar-refractivity contribution < 1.29 is 9.90 Å². The van der Waals surface area contributed by atoms with Crippen molar-refractivity contribution in [2.24, 2.45) is 0 Å². The van der Waals surface area contributed by atoms with Crippen LogP contribution in [0.4, 0.5) is 4.79 Å². The van der Waals surface area contributed by atoms with Gasteiger partial charge in [-0.15, -0.1) is 0 Å². The normalized spacial score (nSPS) is 8.90. The smallest absolute Gasteiger partial charge is 0.409 e. The van der Waals surface area contributed by atoms with Gasteiger partial charge in [0.1, 0.15) is 0 Å². The fourth-order valence-corrected chi connectivity index (χ4v) is 0.751. The maximum atomic E-state index is 9.97. The van der Waals surface area contributed by atoms with Crippen LogP contribution in [-0.4, -0.2) is 16.2 Å². The maximum Gasteiger partial charge on any atom is 0.409 e. The Labute approximate surface area is 65.4 Å². The molecule has 1 amide bonds. The van der Waals surface area contributed by atoms with Crippen LogP contribution in [-0.2, 0) is 0 Å². The summed E-state index contributed by atoms with van der Waals surface area (Å²) in [6.07, 6.45) is 1.57. The molecule has 0 fully saturated rings. The molecule has 0 spiro atoms. The Bertz CT molecular complexity index is 136. The Morgan fingerprint density at radius 2 is 2.30 bits per heavy atom. The third-order valence-corrected chi connectivity index (χ3v) is 1.31. The highest BCUT2D eigenvalue weighted by Crippen LogP contribution is 1.94. The SMILES string of the molecule is CCCCC(=S)NC(=O)O. The first kappa shape index (κ1) is 9.36. The average Bonchev–Trinajstić information content (AvgIpc) is 1.82. The van der Waals surface area contributed by atoms with Crippen LogP contribution in [0.3, 0.4) is 0 Å². The van der Waals surface area contributed by atoms with Gasteiger partial charge in [0, 0.05) is 0 Å². The van der Waals surface area contributed by atoms with Gasteiger partial charge in [-0.3, -0.25) is 5.32 Å². The molecule has 0 aromatic carbocycles. The van der Waals surface area contributed by atoms with E-state index in [1.54, 1.807) is 0 Å². The Morgan fingerprint density at radius 1 is 1.70 bits per heavy atom. The zero-order valence-electron chi connectivity index (χ0n) is 5.89. The summed E-state index contributed by atoms with van der Waals surface area (Å²) < 4.78 is 0. The van der Waals surface area contributed by atoms with Crippen molar-refractivity contribution in [2.45, 2.75) is 26.2 Å². The second-order valence-electron chi connectivity index (χ2n) is 1.96. The van der Waals surface area contributed by atoms with Crippen molar-refractivity contribution >= 4 is 23.3 Å². The third-order valence-electron chi connectivity index (χ3n) is 1.00. The Morgan fingerprint density at radius 3 is 2.70 bits per heavy atom. The second-order valence-corrected chi connectivity index (χ2v) is 2.45. The summed E-state index contributed by atoms with van der Waals surface area (Å²) in [7, 11) is 0. The van der Waals surface area contributed by atoms with E-state index in [2.05, 4.69) is 5.32 Å². The van der Waals surface area contributed by atoms with Gasteiger partial charge in [-0.2, -0.15) is 0 Å². The van der Waals surface area contributed by atoms with Crippen LogP contribution in [0, 0.1) is 0 Å². The van der Waals surface area contributed by atoms with Gasteiger partial charge in [0.2, 0.25) is 0 Å². The molecule has 0 aliphatic carbocycles. The molecule has 58 valence electrons. The molecule has 0 aromatic heterocycles. The van der Waals surface area contributed by atoms with Gasteiger partial charge in [0.15, 0.2) is 0 Å². The van der Waals surface area contributed by atoms with Crippen molar-refractivity contribution in [1.82, 2.24) is 5.32 Å². The molecule has 0 aliphatic heterocycles. The van der Waals surface area contributed by atoms with E-state index in [0.717, 1.165) is 12.8 Å². The van der Waals surface area contributed by atoms with E-state index in [9.17, 15) is 4.79 Å². The highest BCUT2D eigenvalue weighted by molar-refractivity contribution is 7.80. The molecule has 0 saturated carbocycles. The number of carbonyl (C=O) groups is 1. The summed E-state index contributed by atoms with van der Waals surface area (Å²) in [4.78, 5) is 10.4. The summed E-state index contributed by atoms with van der Waals surface area (Å²) in [5, 5.41) is 10.3. The van der Waals surface area contributed by atoms with Gasteiger partial charge in [0.05, 0.1) is 4.99 Å². The lowest BCUT2D eigenvalue weighted by Gasteiger charge is -1.99. The number of carboxylic acid groups (broad SMARTS) is 1. The summed E-state index contributed by atoms with van der Waals surface area (Å²) in [6.45, 7) is 2.03. The zero-order chi connectivity index (χ0) is 7.98. The minimum atomic E-state index is -1.07. The molecule has 2 N–H and O–H groups in total. The van der Waals surface area contributed by atoms with Gasteiger partial charge in [0.25, 0.3) is 0 Å². The molecular weight excluding hydrogens is 150 g/mol. The van der Waals surface area contributed by atoms with E-state index < -0.39 is 6.09 Å². The molecule has 0 aliphatic rings. The average molecular weight is 161 g/mol. The number of rotatable bonds is 3. The van der Waals surface area contributed by atoms with Crippen LogP contribution in [0.15, 0.2) is 0 Å². The van der Waals surface area contributed by atoms with Crippen molar-refractivity contribution in [3.8, 4) is 0 Å². The summed E-state index contributed by atoms with van der Waals surface area (Å²) in [5.74, 6) is 0. The van der Waals surface area contributed by atoms with E-state index in [1.807, 2.05) is 6.92 Å². The van der Waals surface area contributed by atoms with Gasteiger partial charge >= 0.3 is 6.09 Å². The second kappa shape index (κ2) is 5.17. The Kier molecular flexibility index (Phi) is 4.84. The predicted octanol–water partition coefficient (Wildman–Crippen LogP) is 1.77. The van der Waals surface area contributed by atoms with Gasteiger partial charge < -0.3 is 5.11 Å². The molecule has 0 bridgehead atoms. The maximum absolute atomic E-state index is 9.97. The molecule has 0 heterocycles. The van der Waals surface area contributed by atoms with Crippen LogP contribution >= 0.6 is 12.2 Å². The molecule has 0 saturated heterocycles. The van der Waals surface area contributed by atoms with E-state index in [0.29, 0.717) is 11.4 Å². The molecule has 0 radical (unpaired) electrons. The van der Waals surface area contributed by atoms with Crippen LogP contribution in [0.2, 0.25) is 0 Å². The number of unbranched alkanes of at least 4 members (excludes halogenated alkanes) is 1. The number of nitrogens with one attached hydrogen (secondary N) is 1. The number of thiocarbonyl (C=S) groups is 1. The molecule has 4 heteroatoms. The van der Waals surface area contributed by atoms with Crippen LogP contribution in [0.1, 0.15) is 26.2 Å². The van der Waals surface area contributed by atoms with Crippen molar-refractivity contribution in [3.63, 3.8) is 0 Å². The molecule has 0 aromatic rings. The number of amides is 1. The standard InChI is InChI=1S/C6H11NO2S/c1-2-3-4-5(10)7-6(8)9/h2-4H2,1H3,(H,7,10)(H,8,9). The lowest BCUT2D eigenvalue weighted by Crippen LogP contribution is -2.26. The highest BCUT2D eigenvalue weighted by atomic mass is 32.1. The van der Waals surface area contributed by atoms with Crippen molar-refractivity contribution in [3.05, 3.63) is 0 Å². The van der Waals surface area contributed by atoms with E-state index in [4.69, 9.17) is 17.3 Å². The van der Waals surface area contributed by atoms with E-state index >= 15 is 0 Å². The topological polar surface area (TPSA) is 49.3 Å². The monoisotopic (exact) mass is 161 g/mol. The lowest BCUT2D eigenvalue weighted by atomic mass is 10.2. The summed E-state index contributed by atoms with van der Waals surface area (Å²) >= 11 is 4.70. The fraction of sp³-hybridized carbons (Fsp3) is 0.667. The molecule has 0 atom stereocenters. The van der Waals surface area contributed by atoms with Gasteiger partial charge in [-0.1, -0.05) is 25.6 Å². The van der Waals surface area contributed by atoms with E-state index in [-0.39, 0.29) is 0 Å². The van der Waals surface area contributed by atoms with Crippen LogP contribution in [0.5, 0.6) is 0 Å². The summed E-state index contributed by atoms with van der Waals surface area (Å²) in [5.41, 5.74) is 0. The molecule has 0 unspecified atom stereocenters. The minimum Gasteiger partial charge on any atom is -0.465 e. The summed E-state index contributed by atoms with van der Waals surface area (Å²) in [6, 6.07) is 0.